The van der Waals surface area contributed by atoms with Crippen LogP contribution in [0.5, 0.6) is 0 Å². The first-order valence-electron chi connectivity index (χ1n) is 6.15. The van der Waals surface area contributed by atoms with Crippen molar-refractivity contribution in [3.05, 3.63) is 0 Å². The SMILES string of the molecule is CCCCCCC([O-])=N[C@@H](CCC(=O)O)C(=O)O.[Na+]. The summed E-state index contributed by atoms with van der Waals surface area (Å²) in [5.74, 6) is -2.80. The first kappa shape index (κ1) is 20.7. The van der Waals surface area contributed by atoms with Gasteiger partial charge in [-0.05, 0) is 25.2 Å². The van der Waals surface area contributed by atoms with Crippen molar-refractivity contribution in [2.24, 2.45) is 4.99 Å². The van der Waals surface area contributed by atoms with Crippen molar-refractivity contribution in [2.45, 2.75) is 57.9 Å². The predicted octanol–water partition coefficient (Wildman–Crippen LogP) is -1.96. The summed E-state index contributed by atoms with van der Waals surface area (Å²) in [5.41, 5.74) is 0. The van der Waals surface area contributed by atoms with E-state index in [9.17, 15) is 14.7 Å². The van der Waals surface area contributed by atoms with Gasteiger partial charge in [-0.2, -0.15) is 0 Å². The minimum atomic E-state index is -1.25. The van der Waals surface area contributed by atoms with Crippen molar-refractivity contribution in [1.29, 1.82) is 0 Å². The third-order valence-electron chi connectivity index (χ3n) is 2.46. The number of hydrogen-bond donors (Lipinski definition) is 2. The van der Waals surface area contributed by atoms with Crippen LogP contribution in [0, 0.1) is 0 Å². The van der Waals surface area contributed by atoms with E-state index in [0.29, 0.717) is 6.42 Å². The van der Waals surface area contributed by atoms with Crippen LogP contribution < -0.4 is 34.7 Å². The van der Waals surface area contributed by atoms with Crippen LogP contribution in [0.25, 0.3) is 0 Å². The minimum Gasteiger partial charge on any atom is -0.862 e. The first-order chi connectivity index (χ1) is 8.47. The molecule has 0 spiro atoms. The molecule has 1 atom stereocenters. The molecule has 0 aromatic rings. The molecule has 7 heteroatoms. The van der Waals surface area contributed by atoms with Gasteiger partial charge >= 0.3 is 41.5 Å². The molecular formula is C12H20NNaO5. The summed E-state index contributed by atoms with van der Waals surface area (Å²) in [5, 5.41) is 28.7. The quantitative estimate of drug-likeness (QED) is 0.209. The molecule has 0 aromatic carbocycles. The summed E-state index contributed by atoms with van der Waals surface area (Å²) in [6, 6.07) is -1.24. The summed E-state index contributed by atoms with van der Waals surface area (Å²) in [6.07, 6.45) is 3.49. The molecule has 0 saturated heterocycles. The van der Waals surface area contributed by atoms with E-state index in [2.05, 4.69) is 11.9 Å². The van der Waals surface area contributed by atoms with Gasteiger partial charge in [0, 0.05) is 6.42 Å². The van der Waals surface area contributed by atoms with Crippen molar-refractivity contribution >= 4 is 17.8 Å². The number of carbonyl (C=O) groups is 2. The fraction of sp³-hybridized carbons (Fsp3) is 0.750. The maximum Gasteiger partial charge on any atom is 1.00 e. The van der Waals surface area contributed by atoms with E-state index in [1.54, 1.807) is 0 Å². The Hall–Kier alpha value is -0.590. The van der Waals surface area contributed by atoms with E-state index in [-0.39, 0.29) is 48.8 Å². The molecule has 0 fully saturated rings. The van der Waals surface area contributed by atoms with Gasteiger partial charge in [-0.3, -0.25) is 9.79 Å². The molecule has 6 nitrogen and oxygen atoms in total. The van der Waals surface area contributed by atoms with Crippen molar-refractivity contribution < 1.29 is 54.5 Å². The van der Waals surface area contributed by atoms with Crippen molar-refractivity contribution in [3.63, 3.8) is 0 Å². The molecule has 0 bridgehead atoms. The van der Waals surface area contributed by atoms with Crippen LogP contribution in [0.1, 0.15) is 51.9 Å². The van der Waals surface area contributed by atoms with Gasteiger partial charge in [0.1, 0.15) is 6.04 Å². The standard InChI is InChI=1S/C12H21NO5.Na/c1-2-3-4-5-6-10(14)13-9(12(17)18)7-8-11(15)16;/h9H,2-8H2,1H3,(H,13,14)(H,15,16)(H,17,18);/q;+1/p-1/t9-;/m0./s1. The normalized spacial score (nSPS) is 12.6. The third-order valence-corrected chi connectivity index (χ3v) is 2.46. The Morgan fingerprint density at radius 3 is 2.26 bits per heavy atom. The largest absolute Gasteiger partial charge is 1.00 e. The van der Waals surface area contributed by atoms with Crippen molar-refractivity contribution in [3.8, 4) is 0 Å². The summed E-state index contributed by atoms with van der Waals surface area (Å²) >= 11 is 0. The molecule has 0 amide bonds. The fourth-order valence-electron chi connectivity index (χ4n) is 1.44. The van der Waals surface area contributed by atoms with Crippen molar-refractivity contribution in [1.82, 2.24) is 0 Å². The number of unbranched alkanes of at least 4 members (excludes halogenated alkanes) is 3. The fourth-order valence-corrected chi connectivity index (χ4v) is 1.44. The van der Waals surface area contributed by atoms with Gasteiger partial charge in [0.2, 0.25) is 0 Å². The second-order valence-corrected chi connectivity index (χ2v) is 4.12. The Morgan fingerprint density at radius 1 is 1.16 bits per heavy atom. The molecular weight excluding hydrogens is 261 g/mol. The molecule has 0 aliphatic carbocycles. The zero-order valence-corrected chi connectivity index (χ0v) is 13.6. The number of carboxylic acids is 2. The van der Waals surface area contributed by atoms with Gasteiger partial charge in [0.05, 0.1) is 0 Å². The second-order valence-electron chi connectivity index (χ2n) is 4.12. The second kappa shape index (κ2) is 12.4. The van der Waals surface area contributed by atoms with E-state index in [1.807, 2.05) is 0 Å². The molecule has 0 aliphatic heterocycles. The number of aliphatic carboxylic acids is 2. The topological polar surface area (TPSA) is 110 Å². The average molecular weight is 281 g/mol. The van der Waals surface area contributed by atoms with Crippen LogP contribution in [0.15, 0.2) is 4.99 Å². The van der Waals surface area contributed by atoms with Crippen LogP contribution >= 0.6 is 0 Å². The van der Waals surface area contributed by atoms with Gasteiger partial charge in [-0.1, -0.05) is 26.2 Å². The average Bonchev–Trinajstić information content (AvgIpc) is 2.29. The molecule has 0 saturated carbocycles. The van der Waals surface area contributed by atoms with Gasteiger partial charge in [0.15, 0.2) is 0 Å². The Morgan fingerprint density at radius 2 is 1.79 bits per heavy atom. The molecule has 0 radical (unpaired) electrons. The summed E-state index contributed by atoms with van der Waals surface area (Å²) in [6.45, 7) is 2.05. The first-order valence-corrected chi connectivity index (χ1v) is 6.15. The van der Waals surface area contributed by atoms with Crippen LogP contribution in [0.2, 0.25) is 0 Å². The number of aliphatic imine (C=N–C) groups is 1. The summed E-state index contributed by atoms with van der Waals surface area (Å²) < 4.78 is 0. The zero-order chi connectivity index (χ0) is 14.0. The van der Waals surface area contributed by atoms with Crippen molar-refractivity contribution in [2.75, 3.05) is 0 Å². The molecule has 19 heavy (non-hydrogen) atoms. The maximum absolute atomic E-state index is 11.4. The number of hydrogen-bond acceptors (Lipinski definition) is 4. The smallest absolute Gasteiger partial charge is 0.862 e. The summed E-state index contributed by atoms with van der Waals surface area (Å²) in [7, 11) is 0. The van der Waals surface area contributed by atoms with E-state index >= 15 is 0 Å². The number of carboxylic acid groups (broad SMARTS) is 2. The van der Waals surface area contributed by atoms with E-state index in [1.165, 1.54) is 0 Å². The molecule has 0 aliphatic rings. The molecule has 0 aromatic heterocycles. The van der Waals surface area contributed by atoms with E-state index < -0.39 is 23.9 Å². The summed E-state index contributed by atoms with van der Waals surface area (Å²) in [4.78, 5) is 24.7. The van der Waals surface area contributed by atoms with Gasteiger partial charge in [-0.25, -0.2) is 4.79 Å². The Labute approximate surface area is 135 Å². The number of rotatable bonds is 10. The van der Waals surface area contributed by atoms with Gasteiger partial charge in [-0.15, -0.1) is 0 Å². The van der Waals surface area contributed by atoms with Crippen LogP contribution in [0.4, 0.5) is 0 Å². The Bertz CT molecular complexity index is 306. The maximum atomic E-state index is 11.4. The van der Waals surface area contributed by atoms with Crippen LogP contribution in [0.3, 0.4) is 0 Å². The monoisotopic (exact) mass is 281 g/mol. The molecule has 104 valence electrons. The number of nitrogens with zero attached hydrogens (tertiary/aromatic N) is 1. The predicted molar refractivity (Wildman–Crippen MR) is 64.5 cm³/mol. The molecule has 0 unspecified atom stereocenters. The van der Waals surface area contributed by atoms with Crippen LogP contribution in [-0.4, -0.2) is 34.1 Å². The Balaban J connectivity index is 0. The van der Waals surface area contributed by atoms with Gasteiger partial charge < -0.3 is 15.3 Å². The third kappa shape index (κ3) is 12.2. The van der Waals surface area contributed by atoms with E-state index in [0.717, 1.165) is 19.3 Å². The molecule has 0 rings (SSSR count). The van der Waals surface area contributed by atoms with Crippen LogP contribution in [-0.2, 0) is 9.59 Å². The van der Waals surface area contributed by atoms with Gasteiger partial charge in [0.25, 0.3) is 0 Å². The zero-order valence-electron chi connectivity index (χ0n) is 11.6. The minimum absolute atomic E-state index is 0. The molecule has 2 N–H and O–H groups in total. The Kier molecular flexibility index (Phi) is 13.6. The van der Waals surface area contributed by atoms with E-state index in [4.69, 9.17) is 10.2 Å². The molecule has 0 heterocycles.